The van der Waals surface area contributed by atoms with Crippen molar-refractivity contribution < 1.29 is 0 Å². The first-order valence-electron chi connectivity index (χ1n) is 5.45. The van der Waals surface area contributed by atoms with Crippen molar-refractivity contribution in [2.24, 2.45) is 5.92 Å². The number of anilines is 1. The minimum Gasteiger partial charge on any atom is -0.383 e. The average Bonchev–Trinajstić information content (AvgIpc) is 3.07. The topological polar surface area (TPSA) is 56.7 Å². The minimum absolute atomic E-state index is 0.0929. The van der Waals surface area contributed by atoms with Crippen molar-refractivity contribution >= 4 is 39.4 Å². The third-order valence-corrected chi connectivity index (χ3v) is 3.95. The Morgan fingerprint density at radius 1 is 1.53 bits per heavy atom. The van der Waals surface area contributed by atoms with Crippen LogP contribution in [0.4, 0.5) is 5.82 Å². The Kier molecular flexibility index (Phi) is 2.47. The smallest absolute Gasteiger partial charge is 0.147 e. The van der Waals surface area contributed by atoms with Crippen molar-refractivity contribution in [2.45, 2.75) is 18.9 Å². The van der Waals surface area contributed by atoms with Crippen LogP contribution in [0.3, 0.4) is 0 Å². The average molecular weight is 338 g/mol. The lowest BCUT2D eigenvalue weighted by atomic mass is 10.2. The highest BCUT2D eigenvalue weighted by Gasteiger charge is 2.32. The zero-order valence-corrected chi connectivity index (χ0v) is 11.3. The fraction of sp³-hybridized carbons (Fsp3) is 0.333. The summed E-state index contributed by atoms with van der Waals surface area (Å²) in [7, 11) is 0. The molecule has 0 radical (unpaired) electrons. The molecule has 1 aliphatic carbocycles. The fourth-order valence-electron chi connectivity index (χ4n) is 2.13. The summed E-state index contributed by atoms with van der Waals surface area (Å²) < 4.78 is 3.11. The van der Waals surface area contributed by atoms with Crippen molar-refractivity contribution in [1.82, 2.24) is 14.5 Å². The highest BCUT2D eigenvalue weighted by atomic mass is 127. The summed E-state index contributed by atoms with van der Waals surface area (Å²) in [6.07, 6.45) is 11.6. The van der Waals surface area contributed by atoms with Crippen LogP contribution >= 0.6 is 22.6 Å². The van der Waals surface area contributed by atoms with Crippen LogP contribution in [-0.4, -0.2) is 14.5 Å². The van der Waals surface area contributed by atoms with Crippen LogP contribution < -0.4 is 5.73 Å². The van der Waals surface area contributed by atoms with E-state index in [1.165, 1.54) is 19.2 Å². The van der Waals surface area contributed by atoms with Gasteiger partial charge in [-0.15, -0.1) is 6.42 Å². The van der Waals surface area contributed by atoms with E-state index in [-0.39, 0.29) is 6.04 Å². The van der Waals surface area contributed by atoms with Gasteiger partial charge in [-0.3, -0.25) is 0 Å². The summed E-state index contributed by atoms with van der Waals surface area (Å²) in [5.74, 6) is 3.97. The van der Waals surface area contributed by atoms with Crippen molar-refractivity contribution in [3.05, 3.63) is 16.1 Å². The van der Waals surface area contributed by atoms with E-state index >= 15 is 0 Å². The SMILES string of the molecule is C#CC(C1CC1)n1cc(I)c2c(N)ncnc21. The molecule has 2 heterocycles. The zero-order valence-electron chi connectivity index (χ0n) is 9.10. The molecule has 0 aliphatic heterocycles. The Hall–Kier alpha value is -1.29. The Morgan fingerprint density at radius 3 is 2.94 bits per heavy atom. The molecule has 0 saturated heterocycles. The predicted octanol–water partition coefficient (Wildman–Crippen LogP) is 2.20. The molecular formula is C12H11IN4. The highest BCUT2D eigenvalue weighted by Crippen LogP contribution is 2.41. The number of halogens is 1. The summed E-state index contributed by atoms with van der Waals surface area (Å²) in [5.41, 5.74) is 6.73. The molecule has 0 bridgehead atoms. The molecule has 4 nitrogen and oxygen atoms in total. The molecule has 1 aliphatic rings. The summed E-state index contributed by atoms with van der Waals surface area (Å²) in [6.45, 7) is 0. The second-order valence-corrected chi connectivity index (χ2v) is 5.45. The van der Waals surface area contributed by atoms with Gasteiger partial charge in [-0.1, -0.05) is 5.92 Å². The fourth-order valence-corrected chi connectivity index (χ4v) is 2.95. The van der Waals surface area contributed by atoms with Gasteiger partial charge in [0.05, 0.1) is 11.4 Å². The van der Waals surface area contributed by atoms with Gasteiger partial charge in [-0.2, -0.15) is 0 Å². The number of nitrogens with two attached hydrogens (primary N) is 1. The van der Waals surface area contributed by atoms with Crippen LogP contribution in [0, 0.1) is 21.8 Å². The van der Waals surface area contributed by atoms with Gasteiger partial charge in [0.25, 0.3) is 0 Å². The molecule has 2 aromatic heterocycles. The van der Waals surface area contributed by atoms with Crippen molar-refractivity contribution in [3.63, 3.8) is 0 Å². The molecule has 17 heavy (non-hydrogen) atoms. The first-order valence-corrected chi connectivity index (χ1v) is 6.53. The van der Waals surface area contributed by atoms with E-state index < -0.39 is 0 Å². The summed E-state index contributed by atoms with van der Waals surface area (Å²) in [4.78, 5) is 8.34. The number of nitrogens with zero attached hydrogens (tertiary/aromatic N) is 3. The van der Waals surface area contributed by atoms with Crippen LogP contribution in [0.15, 0.2) is 12.5 Å². The molecule has 3 rings (SSSR count). The van der Waals surface area contributed by atoms with Crippen LogP contribution in [0.1, 0.15) is 18.9 Å². The Bertz CT molecular complexity index is 621. The van der Waals surface area contributed by atoms with Crippen LogP contribution in [0.25, 0.3) is 11.0 Å². The maximum atomic E-state index is 5.88. The molecule has 5 heteroatoms. The Balaban J connectivity index is 2.24. The molecule has 86 valence electrons. The number of rotatable bonds is 2. The van der Waals surface area contributed by atoms with Gasteiger partial charge >= 0.3 is 0 Å². The van der Waals surface area contributed by atoms with Gasteiger partial charge in [-0.25, -0.2) is 9.97 Å². The monoisotopic (exact) mass is 338 g/mol. The van der Waals surface area contributed by atoms with Gasteiger partial charge in [0, 0.05) is 9.77 Å². The molecule has 1 fully saturated rings. The van der Waals surface area contributed by atoms with E-state index in [0.717, 1.165) is 14.6 Å². The number of nitrogen functional groups attached to an aromatic ring is 1. The van der Waals surface area contributed by atoms with E-state index in [9.17, 15) is 0 Å². The van der Waals surface area contributed by atoms with Crippen molar-refractivity contribution in [3.8, 4) is 12.3 Å². The van der Waals surface area contributed by atoms with Gasteiger partial charge in [0.15, 0.2) is 0 Å². The Morgan fingerprint density at radius 2 is 2.29 bits per heavy atom. The second-order valence-electron chi connectivity index (χ2n) is 4.29. The molecule has 1 saturated carbocycles. The van der Waals surface area contributed by atoms with Crippen LogP contribution in [0.2, 0.25) is 0 Å². The summed E-state index contributed by atoms with van der Waals surface area (Å²) in [6, 6.07) is 0.0929. The van der Waals surface area contributed by atoms with E-state index in [2.05, 4.69) is 43.0 Å². The van der Waals surface area contributed by atoms with E-state index in [1.54, 1.807) is 0 Å². The lowest BCUT2D eigenvalue weighted by Gasteiger charge is -2.12. The highest BCUT2D eigenvalue weighted by molar-refractivity contribution is 14.1. The first-order chi connectivity index (χ1) is 8.22. The van der Waals surface area contributed by atoms with Gasteiger partial charge in [0.2, 0.25) is 0 Å². The van der Waals surface area contributed by atoms with Crippen LogP contribution in [-0.2, 0) is 0 Å². The number of terminal acetylenes is 1. The lowest BCUT2D eigenvalue weighted by molar-refractivity contribution is 0.568. The molecule has 0 spiro atoms. The molecule has 0 amide bonds. The summed E-state index contributed by atoms with van der Waals surface area (Å²) >= 11 is 2.25. The maximum Gasteiger partial charge on any atom is 0.147 e. The molecule has 1 unspecified atom stereocenters. The third-order valence-electron chi connectivity index (χ3n) is 3.13. The summed E-state index contributed by atoms with van der Waals surface area (Å²) in [5, 5.41) is 0.911. The number of hydrogen-bond acceptors (Lipinski definition) is 3. The van der Waals surface area contributed by atoms with E-state index in [4.69, 9.17) is 12.2 Å². The quantitative estimate of drug-likeness (QED) is 0.675. The first kappa shape index (κ1) is 10.8. The standard InChI is InChI=1S/C12H11IN4/c1-2-9(7-3-4-7)17-5-8(13)10-11(14)15-6-16-12(10)17/h1,5-7,9H,3-4H2,(H2,14,15,16). The second kappa shape index (κ2) is 3.88. The van der Waals surface area contributed by atoms with Crippen molar-refractivity contribution in [2.75, 3.05) is 5.73 Å². The molecule has 2 N–H and O–H groups in total. The largest absolute Gasteiger partial charge is 0.383 e. The molecular weight excluding hydrogens is 327 g/mol. The molecule has 0 aromatic carbocycles. The normalized spacial score (nSPS) is 16.9. The lowest BCUT2D eigenvalue weighted by Crippen LogP contribution is -2.08. The molecule has 1 atom stereocenters. The minimum atomic E-state index is 0.0929. The van der Waals surface area contributed by atoms with Gasteiger partial charge in [-0.05, 0) is 41.4 Å². The molecule has 2 aromatic rings. The predicted molar refractivity (Wildman–Crippen MR) is 75.3 cm³/mol. The number of aromatic nitrogens is 3. The number of hydrogen-bond donors (Lipinski definition) is 1. The van der Waals surface area contributed by atoms with Crippen LogP contribution in [0.5, 0.6) is 0 Å². The zero-order chi connectivity index (χ0) is 12.0. The van der Waals surface area contributed by atoms with Gasteiger partial charge < -0.3 is 10.3 Å². The van der Waals surface area contributed by atoms with E-state index in [0.29, 0.717) is 11.7 Å². The number of fused-ring (bicyclic) bond motifs is 1. The Labute approximate surface area is 113 Å². The van der Waals surface area contributed by atoms with Gasteiger partial charge in [0.1, 0.15) is 17.8 Å². The van der Waals surface area contributed by atoms with Crippen molar-refractivity contribution in [1.29, 1.82) is 0 Å². The third kappa shape index (κ3) is 1.67. The maximum absolute atomic E-state index is 5.88. The van der Waals surface area contributed by atoms with E-state index in [1.807, 2.05) is 6.20 Å².